The summed E-state index contributed by atoms with van der Waals surface area (Å²) in [4.78, 5) is 38.3. The summed E-state index contributed by atoms with van der Waals surface area (Å²) < 4.78 is 7.59. The van der Waals surface area contributed by atoms with Crippen molar-refractivity contribution in [2.75, 3.05) is 11.9 Å². The molecule has 0 saturated carbocycles. The molecule has 1 N–H and O–H groups in total. The first-order valence-corrected chi connectivity index (χ1v) is 8.87. The van der Waals surface area contributed by atoms with Crippen molar-refractivity contribution in [3.05, 3.63) is 85.7 Å². The van der Waals surface area contributed by atoms with Gasteiger partial charge in [0.2, 0.25) is 0 Å². The number of benzene rings is 1. The smallest absolute Gasteiger partial charge is 0.337 e. The Balaban J connectivity index is 2.33. The molecule has 3 rings (SSSR count). The van der Waals surface area contributed by atoms with Gasteiger partial charge in [0.1, 0.15) is 12.4 Å². The van der Waals surface area contributed by atoms with Crippen LogP contribution in [0.15, 0.2) is 57.8 Å². The van der Waals surface area contributed by atoms with Crippen LogP contribution in [0.3, 0.4) is 0 Å². The lowest BCUT2D eigenvalue weighted by Gasteiger charge is -2.30. The average molecular weight is 392 g/mol. The molecule has 8 nitrogen and oxygen atoms in total. The van der Waals surface area contributed by atoms with Crippen molar-refractivity contribution in [2.24, 2.45) is 14.1 Å². The van der Waals surface area contributed by atoms with E-state index >= 15 is 0 Å². The summed E-state index contributed by atoms with van der Waals surface area (Å²) in [7, 11) is 2.94. The largest absolute Gasteiger partial charge is 0.458 e. The molecule has 0 aliphatic carbocycles. The number of ether oxygens (including phenoxy) is 1. The van der Waals surface area contributed by atoms with Gasteiger partial charge in [-0.1, -0.05) is 24.8 Å². The van der Waals surface area contributed by atoms with E-state index in [0.29, 0.717) is 22.6 Å². The van der Waals surface area contributed by atoms with Crippen LogP contribution < -0.4 is 16.6 Å². The number of carbonyl (C=O) groups excluding carboxylic acids is 1. The third-order valence-corrected chi connectivity index (χ3v) is 4.91. The highest BCUT2D eigenvalue weighted by Gasteiger charge is 2.37. The molecule has 1 aliphatic heterocycles. The Hall–Kier alpha value is -3.86. The molecule has 2 aromatic rings. The van der Waals surface area contributed by atoms with Crippen molar-refractivity contribution >= 4 is 11.8 Å². The van der Waals surface area contributed by atoms with Crippen LogP contribution in [0.2, 0.25) is 0 Å². The quantitative estimate of drug-likeness (QED) is 0.625. The molecule has 0 saturated heterocycles. The lowest BCUT2D eigenvalue weighted by molar-refractivity contribution is -0.138. The van der Waals surface area contributed by atoms with Gasteiger partial charge in [-0.05, 0) is 24.6 Å². The highest BCUT2D eigenvalue weighted by molar-refractivity contribution is 5.94. The van der Waals surface area contributed by atoms with Gasteiger partial charge in [-0.3, -0.25) is 13.9 Å². The number of nitriles is 1. The second kappa shape index (κ2) is 7.64. The zero-order valence-electron chi connectivity index (χ0n) is 16.4. The molecule has 1 aromatic heterocycles. The first-order chi connectivity index (χ1) is 13.8. The SMILES string of the molecule is C=CCOC(=O)C1=C(C)Nc2c(c(=O)n(C)c(=O)n2C)C1c1ccc(C#N)cc1. The normalized spacial score (nSPS) is 15.2. The molecule has 8 heteroatoms. The number of nitrogens with zero attached hydrogens (tertiary/aromatic N) is 3. The highest BCUT2D eigenvalue weighted by Crippen LogP contribution is 2.39. The van der Waals surface area contributed by atoms with Gasteiger partial charge in [-0.25, -0.2) is 9.59 Å². The second-order valence-corrected chi connectivity index (χ2v) is 6.69. The number of hydrogen-bond donors (Lipinski definition) is 1. The summed E-state index contributed by atoms with van der Waals surface area (Å²) in [6.45, 7) is 5.25. The van der Waals surface area contributed by atoms with E-state index in [1.54, 1.807) is 38.2 Å². The minimum Gasteiger partial charge on any atom is -0.458 e. The average Bonchev–Trinajstić information content (AvgIpc) is 2.73. The predicted molar refractivity (Wildman–Crippen MR) is 107 cm³/mol. The van der Waals surface area contributed by atoms with Gasteiger partial charge in [0.05, 0.1) is 28.7 Å². The zero-order chi connectivity index (χ0) is 21.3. The summed E-state index contributed by atoms with van der Waals surface area (Å²) in [5.74, 6) is -1.03. The Morgan fingerprint density at radius 3 is 2.52 bits per heavy atom. The maximum atomic E-state index is 13.0. The Morgan fingerprint density at radius 1 is 1.28 bits per heavy atom. The Morgan fingerprint density at radius 2 is 1.93 bits per heavy atom. The molecule has 1 aromatic carbocycles. The number of nitrogens with one attached hydrogen (secondary N) is 1. The summed E-state index contributed by atoms with van der Waals surface area (Å²) >= 11 is 0. The number of aromatic nitrogens is 2. The number of allylic oxidation sites excluding steroid dienone is 1. The first-order valence-electron chi connectivity index (χ1n) is 8.87. The van der Waals surface area contributed by atoms with Crippen LogP contribution in [0.4, 0.5) is 5.82 Å². The maximum absolute atomic E-state index is 13.0. The van der Waals surface area contributed by atoms with Crippen LogP contribution in [0, 0.1) is 11.3 Å². The monoisotopic (exact) mass is 392 g/mol. The number of esters is 1. The van der Waals surface area contributed by atoms with E-state index in [0.717, 1.165) is 4.57 Å². The van der Waals surface area contributed by atoms with Crippen molar-refractivity contribution < 1.29 is 9.53 Å². The Kier molecular flexibility index (Phi) is 5.24. The number of anilines is 1. The fourth-order valence-corrected chi connectivity index (χ4v) is 3.45. The zero-order valence-corrected chi connectivity index (χ0v) is 16.4. The van der Waals surface area contributed by atoms with Crippen LogP contribution in [0.25, 0.3) is 0 Å². The van der Waals surface area contributed by atoms with E-state index in [4.69, 9.17) is 10.00 Å². The van der Waals surface area contributed by atoms with Crippen LogP contribution in [0.1, 0.15) is 29.5 Å². The molecule has 148 valence electrons. The fraction of sp³-hybridized carbons (Fsp3) is 0.238. The molecule has 2 heterocycles. The molecular formula is C21H20N4O4. The maximum Gasteiger partial charge on any atom is 0.337 e. The third-order valence-electron chi connectivity index (χ3n) is 4.91. The van der Waals surface area contributed by atoms with Crippen LogP contribution in [-0.2, 0) is 23.6 Å². The van der Waals surface area contributed by atoms with Gasteiger partial charge in [0.25, 0.3) is 5.56 Å². The molecular weight excluding hydrogens is 372 g/mol. The minimum atomic E-state index is -0.762. The van der Waals surface area contributed by atoms with Crippen molar-refractivity contribution in [1.82, 2.24) is 9.13 Å². The molecule has 0 fully saturated rings. The Labute approximate surface area is 167 Å². The molecule has 0 spiro atoms. The molecule has 1 aliphatic rings. The third kappa shape index (κ3) is 3.27. The van der Waals surface area contributed by atoms with Crippen LogP contribution in [-0.4, -0.2) is 21.7 Å². The van der Waals surface area contributed by atoms with Crippen LogP contribution >= 0.6 is 0 Å². The molecule has 0 radical (unpaired) electrons. The fourth-order valence-electron chi connectivity index (χ4n) is 3.45. The van der Waals surface area contributed by atoms with Gasteiger partial charge in [-0.2, -0.15) is 5.26 Å². The van der Waals surface area contributed by atoms with Gasteiger partial charge in [-0.15, -0.1) is 0 Å². The first kappa shape index (κ1) is 19.9. The van der Waals surface area contributed by atoms with E-state index in [1.165, 1.54) is 17.7 Å². The van der Waals surface area contributed by atoms with E-state index < -0.39 is 23.1 Å². The van der Waals surface area contributed by atoms with Crippen LogP contribution in [0.5, 0.6) is 0 Å². The standard InChI is InChI=1S/C21H20N4O4/c1-5-10-29-20(27)15-12(2)23-18-17(19(26)25(4)21(28)24(18)3)16(15)14-8-6-13(11-22)7-9-14/h5-9,16,23H,1,10H2,2-4H3. The van der Waals surface area contributed by atoms with Gasteiger partial charge < -0.3 is 10.1 Å². The lowest BCUT2D eigenvalue weighted by Crippen LogP contribution is -2.43. The molecule has 29 heavy (non-hydrogen) atoms. The van der Waals surface area contributed by atoms with Gasteiger partial charge in [0, 0.05) is 19.8 Å². The molecule has 1 atom stereocenters. The summed E-state index contributed by atoms with van der Waals surface area (Å²) in [5, 5.41) is 12.1. The summed E-state index contributed by atoms with van der Waals surface area (Å²) in [5.41, 5.74) is 1.09. The molecule has 0 bridgehead atoms. The number of rotatable bonds is 4. The van der Waals surface area contributed by atoms with Crippen molar-refractivity contribution in [3.8, 4) is 6.07 Å². The van der Waals surface area contributed by atoms with Gasteiger partial charge in [0.15, 0.2) is 0 Å². The van der Waals surface area contributed by atoms with E-state index in [-0.39, 0.29) is 17.7 Å². The molecule has 1 unspecified atom stereocenters. The number of fused-ring (bicyclic) bond motifs is 1. The van der Waals surface area contributed by atoms with E-state index in [1.807, 2.05) is 6.07 Å². The predicted octanol–water partition coefficient (Wildman–Crippen LogP) is 1.52. The van der Waals surface area contributed by atoms with Crippen molar-refractivity contribution in [2.45, 2.75) is 12.8 Å². The summed E-state index contributed by atoms with van der Waals surface area (Å²) in [6.07, 6.45) is 1.46. The number of hydrogen-bond acceptors (Lipinski definition) is 6. The minimum absolute atomic E-state index is 0.0217. The second-order valence-electron chi connectivity index (χ2n) is 6.69. The lowest BCUT2D eigenvalue weighted by atomic mass is 9.82. The van der Waals surface area contributed by atoms with E-state index in [9.17, 15) is 14.4 Å². The Bertz CT molecular complexity index is 1190. The summed E-state index contributed by atoms with van der Waals surface area (Å²) in [6, 6.07) is 8.66. The highest BCUT2D eigenvalue weighted by atomic mass is 16.5. The van der Waals surface area contributed by atoms with E-state index in [2.05, 4.69) is 11.9 Å². The topological polar surface area (TPSA) is 106 Å². The van der Waals surface area contributed by atoms with Crippen molar-refractivity contribution in [3.63, 3.8) is 0 Å². The van der Waals surface area contributed by atoms with Gasteiger partial charge >= 0.3 is 11.7 Å². The van der Waals surface area contributed by atoms with Crippen molar-refractivity contribution in [1.29, 1.82) is 5.26 Å². The molecule has 0 amide bonds. The number of carbonyl (C=O) groups is 1.